The van der Waals surface area contributed by atoms with E-state index in [1.165, 1.54) is 33.6 Å². The summed E-state index contributed by atoms with van der Waals surface area (Å²) >= 11 is 2.78. The van der Waals surface area contributed by atoms with Gasteiger partial charge in [-0.1, -0.05) is 0 Å². The lowest BCUT2D eigenvalue weighted by molar-refractivity contribution is -0.116. The number of hydrogen-bond donors (Lipinski definition) is 1. The van der Waals surface area contributed by atoms with Crippen LogP contribution in [0.5, 0.6) is 11.5 Å². The molecule has 8 nitrogen and oxygen atoms in total. The Morgan fingerprint density at radius 3 is 2.71 bits per heavy atom. The Balaban J connectivity index is 1.51. The number of thiophene rings is 1. The van der Waals surface area contributed by atoms with Gasteiger partial charge in [0.2, 0.25) is 5.91 Å². The minimum Gasteiger partial charge on any atom is -0.493 e. The molecule has 0 aliphatic carbocycles. The van der Waals surface area contributed by atoms with E-state index in [1.54, 1.807) is 20.3 Å². The molecule has 160 valence electrons. The number of nitrogens with zero attached hydrogens (tertiary/aromatic N) is 3. The zero-order chi connectivity index (χ0) is 22.1. The van der Waals surface area contributed by atoms with Gasteiger partial charge in [0.05, 0.1) is 31.6 Å². The lowest BCUT2D eigenvalue weighted by atomic mass is 10.1. The van der Waals surface area contributed by atoms with Gasteiger partial charge in [-0.15, -0.1) is 22.7 Å². The zero-order valence-electron chi connectivity index (χ0n) is 17.4. The molecular weight excluding hydrogens is 436 g/mol. The number of rotatable bonds is 6. The summed E-state index contributed by atoms with van der Waals surface area (Å²) in [6.45, 7) is 3.71. The quantitative estimate of drug-likeness (QED) is 0.473. The van der Waals surface area contributed by atoms with Gasteiger partial charge in [-0.25, -0.2) is 9.97 Å². The largest absolute Gasteiger partial charge is 0.493 e. The first-order valence-corrected chi connectivity index (χ1v) is 11.0. The first-order chi connectivity index (χ1) is 14.9. The van der Waals surface area contributed by atoms with Crippen LogP contribution >= 0.6 is 22.7 Å². The fourth-order valence-electron chi connectivity index (χ4n) is 3.16. The van der Waals surface area contributed by atoms with E-state index in [0.717, 1.165) is 16.0 Å². The van der Waals surface area contributed by atoms with Crippen molar-refractivity contribution in [3.8, 4) is 22.8 Å². The second-order valence-corrected chi connectivity index (χ2v) is 8.86. The second-order valence-electron chi connectivity index (χ2n) is 6.80. The Bertz CT molecular complexity index is 1340. The second kappa shape index (κ2) is 8.48. The summed E-state index contributed by atoms with van der Waals surface area (Å²) in [6, 6.07) is 5.49. The Labute approximate surface area is 186 Å². The van der Waals surface area contributed by atoms with Crippen molar-refractivity contribution in [3.63, 3.8) is 0 Å². The number of carbonyl (C=O) groups is 1. The molecule has 0 spiro atoms. The molecule has 0 radical (unpaired) electrons. The average Bonchev–Trinajstić information content (AvgIpc) is 3.34. The van der Waals surface area contributed by atoms with Crippen LogP contribution in [0.1, 0.15) is 10.4 Å². The highest BCUT2D eigenvalue weighted by molar-refractivity contribution is 7.18. The summed E-state index contributed by atoms with van der Waals surface area (Å²) in [5, 5.41) is 5.61. The summed E-state index contributed by atoms with van der Waals surface area (Å²) in [5.74, 6) is 0.878. The molecular formula is C21H20N4O4S2. The van der Waals surface area contributed by atoms with Crippen molar-refractivity contribution in [1.82, 2.24) is 14.5 Å². The molecule has 1 N–H and O–H groups in total. The van der Waals surface area contributed by atoms with E-state index >= 15 is 0 Å². The standard InChI is InChI=1S/C21H20N4O4S2/c1-11-12(2)31-19-18(11)20(27)25(10-22-19)8-17(26)24-21-23-14(9-30-21)13-5-6-15(28-3)16(7-13)29-4/h5-7,9-10H,8H2,1-4H3,(H,23,24,26). The molecule has 4 aromatic rings. The Hall–Kier alpha value is -3.24. The molecule has 0 bridgehead atoms. The Kier molecular flexibility index (Phi) is 5.75. The smallest absolute Gasteiger partial charge is 0.262 e. The van der Waals surface area contributed by atoms with Gasteiger partial charge in [-0.3, -0.25) is 14.2 Å². The van der Waals surface area contributed by atoms with Crippen molar-refractivity contribution in [3.05, 3.63) is 50.7 Å². The maximum Gasteiger partial charge on any atom is 0.262 e. The number of aryl methyl sites for hydroxylation is 2. The van der Waals surface area contributed by atoms with E-state index in [4.69, 9.17) is 9.47 Å². The summed E-state index contributed by atoms with van der Waals surface area (Å²) in [6.07, 6.45) is 1.41. The highest BCUT2D eigenvalue weighted by atomic mass is 32.1. The maximum absolute atomic E-state index is 12.8. The first kappa shape index (κ1) is 21.0. The number of methoxy groups -OCH3 is 2. The number of fused-ring (bicyclic) bond motifs is 1. The van der Waals surface area contributed by atoms with Crippen LogP contribution in [0.2, 0.25) is 0 Å². The lowest BCUT2D eigenvalue weighted by Crippen LogP contribution is -2.27. The van der Waals surface area contributed by atoms with Crippen molar-refractivity contribution >= 4 is 43.9 Å². The number of ether oxygens (including phenoxy) is 2. The van der Waals surface area contributed by atoms with Gasteiger partial charge in [0, 0.05) is 15.8 Å². The molecule has 0 fully saturated rings. The van der Waals surface area contributed by atoms with E-state index < -0.39 is 0 Å². The van der Waals surface area contributed by atoms with Crippen molar-refractivity contribution < 1.29 is 14.3 Å². The van der Waals surface area contributed by atoms with Gasteiger partial charge in [-0.2, -0.15) is 0 Å². The van der Waals surface area contributed by atoms with Crippen molar-refractivity contribution in [2.45, 2.75) is 20.4 Å². The summed E-state index contributed by atoms with van der Waals surface area (Å²) < 4.78 is 11.9. The van der Waals surface area contributed by atoms with Gasteiger partial charge in [0.1, 0.15) is 11.4 Å². The van der Waals surface area contributed by atoms with Crippen LogP contribution in [-0.2, 0) is 11.3 Å². The monoisotopic (exact) mass is 456 g/mol. The van der Waals surface area contributed by atoms with Crippen molar-refractivity contribution in [2.75, 3.05) is 19.5 Å². The van der Waals surface area contributed by atoms with Gasteiger partial charge in [0.25, 0.3) is 5.56 Å². The van der Waals surface area contributed by atoms with Crippen LogP contribution in [0.4, 0.5) is 5.13 Å². The molecule has 31 heavy (non-hydrogen) atoms. The fraction of sp³-hybridized carbons (Fsp3) is 0.238. The topological polar surface area (TPSA) is 95.3 Å². The number of benzene rings is 1. The third kappa shape index (κ3) is 4.04. The van der Waals surface area contributed by atoms with Gasteiger partial charge < -0.3 is 14.8 Å². The molecule has 0 saturated heterocycles. The molecule has 0 saturated carbocycles. The van der Waals surface area contributed by atoms with Gasteiger partial charge in [0.15, 0.2) is 16.6 Å². The molecule has 1 aromatic carbocycles. The number of amides is 1. The highest BCUT2D eigenvalue weighted by Gasteiger charge is 2.15. The minimum atomic E-state index is -0.346. The normalized spacial score (nSPS) is 11.0. The highest BCUT2D eigenvalue weighted by Crippen LogP contribution is 2.33. The summed E-state index contributed by atoms with van der Waals surface area (Å²) in [5.41, 5.74) is 2.23. The number of hydrogen-bond acceptors (Lipinski definition) is 8. The SMILES string of the molecule is COc1ccc(-c2csc(NC(=O)Cn3cnc4sc(C)c(C)c4c3=O)n2)cc1OC. The number of thiazole rings is 1. The number of aromatic nitrogens is 3. The van der Waals surface area contributed by atoms with Crippen molar-refractivity contribution in [1.29, 1.82) is 0 Å². The van der Waals surface area contributed by atoms with E-state index in [1.807, 2.05) is 31.4 Å². The molecule has 3 heterocycles. The van der Waals surface area contributed by atoms with E-state index in [9.17, 15) is 9.59 Å². The van der Waals surface area contributed by atoms with Crippen molar-refractivity contribution in [2.24, 2.45) is 0 Å². The van der Waals surface area contributed by atoms with Crippen LogP contribution in [0.25, 0.3) is 21.5 Å². The van der Waals surface area contributed by atoms with Gasteiger partial charge in [-0.05, 0) is 37.6 Å². The lowest BCUT2D eigenvalue weighted by Gasteiger charge is -2.08. The van der Waals surface area contributed by atoms with E-state index in [0.29, 0.717) is 32.5 Å². The zero-order valence-corrected chi connectivity index (χ0v) is 19.0. The molecule has 4 rings (SSSR count). The maximum atomic E-state index is 12.8. The molecule has 0 unspecified atom stereocenters. The minimum absolute atomic E-state index is 0.138. The first-order valence-electron chi connectivity index (χ1n) is 9.34. The predicted octanol–water partition coefficient (Wildman–Crippen LogP) is 3.85. The molecule has 10 heteroatoms. The third-order valence-corrected chi connectivity index (χ3v) is 6.77. The summed E-state index contributed by atoms with van der Waals surface area (Å²) in [7, 11) is 3.15. The molecule has 0 aliphatic heterocycles. The molecule has 3 aromatic heterocycles. The van der Waals surface area contributed by atoms with Crippen LogP contribution in [0.15, 0.2) is 34.7 Å². The number of anilines is 1. The number of carbonyl (C=O) groups excluding carboxylic acids is 1. The summed E-state index contributed by atoms with van der Waals surface area (Å²) in [4.78, 5) is 35.8. The molecule has 1 amide bonds. The average molecular weight is 457 g/mol. The van der Waals surface area contributed by atoms with Crippen LogP contribution in [-0.4, -0.2) is 34.7 Å². The van der Waals surface area contributed by atoms with Crippen LogP contribution in [0, 0.1) is 13.8 Å². The fourth-order valence-corrected chi connectivity index (χ4v) is 4.88. The van der Waals surface area contributed by atoms with Crippen LogP contribution < -0.4 is 20.3 Å². The Morgan fingerprint density at radius 2 is 1.97 bits per heavy atom. The third-order valence-electron chi connectivity index (χ3n) is 4.90. The predicted molar refractivity (Wildman–Crippen MR) is 123 cm³/mol. The molecule has 0 aliphatic rings. The van der Waals surface area contributed by atoms with E-state index in [-0.39, 0.29) is 18.0 Å². The molecule has 0 atom stereocenters. The Morgan fingerprint density at radius 1 is 1.19 bits per heavy atom. The number of nitrogens with one attached hydrogen (secondary N) is 1. The van der Waals surface area contributed by atoms with Gasteiger partial charge >= 0.3 is 0 Å². The van der Waals surface area contributed by atoms with Crippen LogP contribution in [0.3, 0.4) is 0 Å². The van der Waals surface area contributed by atoms with E-state index in [2.05, 4.69) is 15.3 Å².